The van der Waals surface area contributed by atoms with E-state index in [-0.39, 0.29) is 0 Å². The van der Waals surface area contributed by atoms with Gasteiger partial charge in [-0.3, -0.25) is 0 Å². The minimum absolute atomic E-state index is 0.531. The minimum Gasteiger partial charge on any atom is -0.457 e. The van der Waals surface area contributed by atoms with E-state index in [1.54, 1.807) is 0 Å². The molecule has 4 heteroatoms. The molecule has 0 radical (unpaired) electrons. The zero-order chi connectivity index (χ0) is 6.97. The van der Waals surface area contributed by atoms with Gasteiger partial charge in [-0.15, -0.1) is 0 Å². The summed E-state index contributed by atoms with van der Waals surface area (Å²) < 4.78 is 5.03. The molecule has 0 unspecified atom stereocenters. The molecule has 0 bridgehead atoms. The first-order valence-electron chi connectivity index (χ1n) is 2.81. The maximum Gasteiger partial charge on any atom is 0.198 e. The van der Waals surface area contributed by atoms with Crippen LogP contribution in [0.15, 0.2) is 23.1 Å². The van der Waals surface area contributed by atoms with Gasteiger partial charge in [-0.05, 0) is 0 Å². The zero-order valence-electron chi connectivity index (χ0n) is 5.11. The Balaban J connectivity index is 2.78. The molecular formula is C6H5N3O. The summed E-state index contributed by atoms with van der Waals surface area (Å²) in [6.45, 7) is 0. The molecule has 4 nitrogen and oxygen atoms in total. The Morgan fingerprint density at radius 3 is 3.10 bits per heavy atom. The fourth-order valence-electron chi connectivity index (χ4n) is 0.789. The van der Waals surface area contributed by atoms with Crippen molar-refractivity contribution >= 4 is 5.69 Å². The molecule has 50 valence electrons. The van der Waals surface area contributed by atoms with Crippen LogP contribution in [-0.2, 0) is 0 Å². The van der Waals surface area contributed by atoms with Crippen LogP contribution in [0.3, 0.4) is 0 Å². The molecule has 0 saturated carbocycles. The standard InChI is InChI=1S/C6H5N3O/c7-4-3-9-6-5(4)10-2-1-8-6/h1-3H,7H2. The van der Waals surface area contributed by atoms with Crippen molar-refractivity contribution in [2.24, 2.45) is 0 Å². The normalized spacial score (nSPS) is 10.4. The lowest BCUT2D eigenvalue weighted by Crippen LogP contribution is -1.85. The van der Waals surface area contributed by atoms with Crippen LogP contribution in [0.5, 0.6) is 0 Å². The quantitative estimate of drug-likeness (QED) is 0.579. The Hall–Kier alpha value is -1.58. The van der Waals surface area contributed by atoms with Crippen LogP contribution >= 0.6 is 0 Å². The Labute approximate surface area is 57.0 Å². The molecule has 0 saturated heterocycles. The van der Waals surface area contributed by atoms with Crippen LogP contribution in [0.2, 0.25) is 0 Å². The average molecular weight is 135 g/mol. The highest BCUT2D eigenvalue weighted by atomic mass is 16.3. The first-order chi connectivity index (χ1) is 4.88. The lowest BCUT2D eigenvalue weighted by Gasteiger charge is -1.92. The van der Waals surface area contributed by atoms with Gasteiger partial charge in [0, 0.05) is 0 Å². The highest BCUT2D eigenvalue weighted by Crippen LogP contribution is 2.23. The smallest absolute Gasteiger partial charge is 0.198 e. The van der Waals surface area contributed by atoms with E-state index >= 15 is 0 Å². The van der Waals surface area contributed by atoms with E-state index in [0.29, 0.717) is 17.3 Å². The zero-order valence-corrected chi connectivity index (χ0v) is 5.11. The number of nitrogen functional groups attached to an aromatic ring is 1. The van der Waals surface area contributed by atoms with E-state index < -0.39 is 0 Å². The molecule has 0 aromatic rings. The minimum atomic E-state index is 0.531. The lowest BCUT2D eigenvalue weighted by molar-refractivity contribution is 0.558. The Morgan fingerprint density at radius 1 is 1.40 bits per heavy atom. The maximum absolute atomic E-state index is 5.48. The van der Waals surface area contributed by atoms with Gasteiger partial charge in [0.25, 0.3) is 0 Å². The van der Waals surface area contributed by atoms with E-state index in [4.69, 9.17) is 10.2 Å². The number of nitrogens with zero attached hydrogens (tertiary/aromatic N) is 2. The van der Waals surface area contributed by atoms with Gasteiger partial charge in [-0.25, -0.2) is 9.97 Å². The molecule has 0 atom stereocenters. The summed E-state index contributed by atoms with van der Waals surface area (Å²) in [5, 5.41) is 0. The number of hydrogen-bond donors (Lipinski definition) is 1. The Morgan fingerprint density at radius 2 is 2.30 bits per heavy atom. The second-order valence-corrected chi connectivity index (χ2v) is 1.90. The van der Waals surface area contributed by atoms with Crippen LogP contribution in [0, 0.1) is 0 Å². The lowest BCUT2D eigenvalue weighted by atomic mass is 10.4. The molecule has 0 spiro atoms. The first kappa shape index (κ1) is 5.22. The summed E-state index contributed by atoms with van der Waals surface area (Å²) >= 11 is 0. The van der Waals surface area contributed by atoms with Crippen LogP contribution < -0.4 is 5.73 Å². The predicted octanol–water partition coefficient (Wildman–Crippen LogP) is 0.757. The first-order valence-corrected chi connectivity index (χ1v) is 2.81. The number of anilines is 1. The molecule has 2 aliphatic heterocycles. The average Bonchev–Trinajstić information content (AvgIpc) is 2.34. The molecule has 2 N–H and O–H groups in total. The van der Waals surface area contributed by atoms with E-state index in [1.807, 2.05) is 0 Å². The molecule has 10 heavy (non-hydrogen) atoms. The molecule has 2 aliphatic rings. The highest BCUT2D eigenvalue weighted by molar-refractivity contribution is 5.66. The van der Waals surface area contributed by atoms with Crippen molar-refractivity contribution in [2.75, 3.05) is 5.73 Å². The summed E-state index contributed by atoms with van der Waals surface area (Å²) in [6, 6.07) is 0. The van der Waals surface area contributed by atoms with Crippen LogP contribution in [0.1, 0.15) is 0 Å². The van der Waals surface area contributed by atoms with Gasteiger partial charge in [-0.2, -0.15) is 0 Å². The summed E-state index contributed by atoms with van der Waals surface area (Å²) in [7, 11) is 0. The van der Waals surface area contributed by atoms with Crippen LogP contribution in [0.25, 0.3) is 11.6 Å². The van der Waals surface area contributed by atoms with Crippen molar-refractivity contribution in [1.82, 2.24) is 9.97 Å². The van der Waals surface area contributed by atoms with Crippen molar-refractivity contribution in [3.05, 3.63) is 18.7 Å². The van der Waals surface area contributed by atoms with Gasteiger partial charge in [0.05, 0.1) is 18.1 Å². The van der Waals surface area contributed by atoms with Gasteiger partial charge in [0.15, 0.2) is 11.6 Å². The highest BCUT2D eigenvalue weighted by Gasteiger charge is 2.10. The summed E-state index contributed by atoms with van der Waals surface area (Å²) in [5.41, 5.74) is 6.01. The van der Waals surface area contributed by atoms with E-state index in [0.717, 1.165) is 0 Å². The van der Waals surface area contributed by atoms with E-state index in [1.165, 1.54) is 18.7 Å². The summed E-state index contributed by atoms with van der Waals surface area (Å²) in [5.74, 6) is 1.11. The molecule has 2 heterocycles. The number of fused-ring (bicyclic) bond motifs is 1. The Kier molecular flexibility index (Phi) is 0.887. The van der Waals surface area contributed by atoms with Crippen molar-refractivity contribution in [3.63, 3.8) is 0 Å². The fourth-order valence-corrected chi connectivity index (χ4v) is 0.789. The largest absolute Gasteiger partial charge is 0.457 e. The number of rotatable bonds is 0. The SMILES string of the molecule is Nc1cnc2nccoc1-2. The second-order valence-electron chi connectivity index (χ2n) is 1.90. The molecular weight excluding hydrogens is 130 g/mol. The number of nitrogens with two attached hydrogens (primary N) is 1. The number of hydrogen-bond acceptors (Lipinski definition) is 4. The fraction of sp³-hybridized carbons (Fsp3) is 0. The monoisotopic (exact) mass is 135 g/mol. The third kappa shape index (κ3) is 0.556. The third-order valence-corrected chi connectivity index (χ3v) is 1.23. The second kappa shape index (κ2) is 1.70. The van der Waals surface area contributed by atoms with Crippen molar-refractivity contribution < 1.29 is 4.42 Å². The third-order valence-electron chi connectivity index (χ3n) is 1.23. The van der Waals surface area contributed by atoms with Crippen LogP contribution in [-0.4, -0.2) is 9.97 Å². The van der Waals surface area contributed by atoms with Crippen molar-refractivity contribution in [2.45, 2.75) is 0 Å². The number of aromatic nitrogens is 2. The summed E-state index contributed by atoms with van der Waals surface area (Å²) in [4.78, 5) is 7.81. The van der Waals surface area contributed by atoms with Crippen molar-refractivity contribution in [3.8, 4) is 11.6 Å². The molecule has 0 fully saturated rings. The van der Waals surface area contributed by atoms with Gasteiger partial charge >= 0.3 is 0 Å². The van der Waals surface area contributed by atoms with Gasteiger partial charge in [-0.1, -0.05) is 0 Å². The molecule has 0 aliphatic carbocycles. The van der Waals surface area contributed by atoms with E-state index in [9.17, 15) is 0 Å². The van der Waals surface area contributed by atoms with E-state index in [2.05, 4.69) is 9.97 Å². The van der Waals surface area contributed by atoms with Gasteiger partial charge < -0.3 is 10.2 Å². The molecule has 0 amide bonds. The Bertz CT molecular complexity index is 317. The van der Waals surface area contributed by atoms with Crippen LogP contribution in [0.4, 0.5) is 5.69 Å². The molecule has 0 aromatic heterocycles. The molecule has 2 rings (SSSR count). The van der Waals surface area contributed by atoms with Crippen molar-refractivity contribution in [1.29, 1.82) is 0 Å². The van der Waals surface area contributed by atoms with Gasteiger partial charge in [0.1, 0.15) is 6.26 Å². The predicted molar refractivity (Wildman–Crippen MR) is 35.3 cm³/mol. The topological polar surface area (TPSA) is 64.9 Å². The van der Waals surface area contributed by atoms with Gasteiger partial charge in [0.2, 0.25) is 0 Å². The molecule has 0 aromatic carbocycles. The maximum atomic E-state index is 5.48. The summed E-state index contributed by atoms with van der Waals surface area (Å²) in [6.07, 6.45) is 4.54.